The highest BCUT2D eigenvalue weighted by molar-refractivity contribution is 5.93. The van der Waals surface area contributed by atoms with Gasteiger partial charge >= 0.3 is 12.1 Å². The molecule has 7 heteroatoms. The third kappa shape index (κ3) is 5.63. The number of nitrogens with one attached hydrogen (secondary N) is 3. The molecule has 0 spiro atoms. The van der Waals surface area contributed by atoms with E-state index in [0.717, 1.165) is 31.5 Å². The van der Waals surface area contributed by atoms with Crippen molar-refractivity contribution in [3.63, 3.8) is 0 Å². The van der Waals surface area contributed by atoms with Crippen molar-refractivity contribution in [3.8, 4) is 0 Å². The summed E-state index contributed by atoms with van der Waals surface area (Å²) in [5.74, 6) is 0. The summed E-state index contributed by atoms with van der Waals surface area (Å²) in [6, 6.07) is 15.6. The Hall–Kier alpha value is -3.22. The summed E-state index contributed by atoms with van der Waals surface area (Å²) in [6.45, 7) is 5.71. The molecule has 29 heavy (non-hydrogen) atoms. The summed E-state index contributed by atoms with van der Waals surface area (Å²) in [4.78, 5) is 26.5. The fourth-order valence-electron chi connectivity index (χ4n) is 3.45. The van der Waals surface area contributed by atoms with Crippen molar-refractivity contribution in [3.05, 3.63) is 54.1 Å². The Kier molecular flexibility index (Phi) is 6.94. The molecule has 1 heterocycles. The van der Waals surface area contributed by atoms with Crippen molar-refractivity contribution in [2.24, 2.45) is 0 Å². The Morgan fingerprint density at radius 2 is 1.66 bits per heavy atom. The number of benzene rings is 2. The van der Waals surface area contributed by atoms with E-state index in [2.05, 4.69) is 33.0 Å². The maximum Gasteiger partial charge on any atom is 0.411 e. The standard InChI is InChI=1S/C22H28N4O3/c1-3-29-22(28)25-20-11-7-10-19(16(20)2)24-21(27)23-17-12-14-26(15-13-17)18-8-5-4-6-9-18/h4-11,17H,3,12-15H2,1-2H3,(H,25,28)(H2,23,24,27). The third-order valence-corrected chi connectivity index (χ3v) is 5.05. The lowest BCUT2D eigenvalue weighted by Gasteiger charge is -2.34. The average Bonchev–Trinajstić information content (AvgIpc) is 2.72. The number of hydrogen-bond acceptors (Lipinski definition) is 4. The molecule has 3 N–H and O–H groups in total. The van der Waals surface area contributed by atoms with E-state index >= 15 is 0 Å². The molecule has 1 fully saturated rings. The van der Waals surface area contributed by atoms with Crippen LogP contribution in [0.1, 0.15) is 25.3 Å². The lowest BCUT2D eigenvalue weighted by Crippen LogP contribution is -2.46. The summed E-state index contributed by atoms with van der Waals surface area (Å²) in [6.07, 6.45) is 1.28. The molecule has 1 saturated heterocycles. The summed E-state index contributed by atoms with van der Waals surface area (Å²) < 4.78 is 4.91. The molecule has 3 amide bonds. The van der Waals surface area contributed by atoms with Crippen molar-refractivity contribution in [2.75, 3.05) is 35.2 Å². The molecule has 1 aliphatic rings. The smallest absolute Gasteiger partial charge is 0.411 e. The summed E-state index contributed by atoms with van der Waals surface area (Å²) in [5.41, 5.74) is 3.25. The zero-order valence-corrected chi connectivity index (χ0v) is 16.9. The second-order valence-corrected chi connectivity index (χ2v) is 7.02. The first-order valence-corrected chi connectivity index (χ1v) is 9.97. The highest BCUT2D eigenvalue weighted by Crippen LogP contribution is 2.24. The Bertz CT molecular complexity index is 833. The van der Waals surface area contributed by atoms with Crippen molar-refractivity contribution >= 4 is 29.2 Å². The van der Waals surface area contributed by atoms with E-state index < -0.39 is 6.09 Å². The van der Waals surface area contributed by atoms with Crippen LogP contribution in [0.15, 0.2) is 48.5 Å². The van der Waals surface area contributed by atoms with Crippen LogP contribution in [0.3, 0.4) is 0 Å². The van der Waals surface area contributed by atoms with Gasteiger partial charge in [-0.25, -0.2) is 9.59 Å². The van der Waals surface area contributed by atoms with E-state index in [4.69, 9.17) is 4.74 Å². The van der Waals surface area contributed by atoms with Gasteiger partial charge in [0.1, 0.15) is 0 Å². The molecule has 0 radical (unpaired) electrons. The van der Waals surface area contributed by atoms with Gasteiger partial charge in [0.2, 0.25) is 0 Å². The van der Waals surface area contributed by atoms with Gasteiger partial charge < -0.3 is 20.3 Å². The van der Waals surface area contributed by atoms with Crippen LogP contribution in [0.25, 0.3) is 0 Å². The van der Waals surface area contributed by atoms with Gasteiger partial charge in [0.05, 0.1) is 6.61 Å². The van der Waals surface area contributed by atoms with Crippen LogP contribution in [0.2, 0.25) is 0 Å². The maximum absolute atomic E-state index is 12.5. The SMILES string of the molecule is CCOC(=O)Nc1cccc(NC(=O)NC2CCN(c3ccccc3)CC2)c1C. The van der Waals surface area contributed by atoms with Crippen molar-refractivity contribution in [1.82, 2.24) is 5.32 Å². The fraction of sp³-hybridized carbons (Fsp3) is 0.364. The molecule has 3 rings (SSSR count). The predicted octanol–water partition coefficient (Wildman–Crippen LogP) is 4.35. The molecule has 0 saturated carbocycles. The van der Waals surface area contributed by atoms with Gasteiger partial charge in [0.25, 0.3) is 0 Å². The van der Waals surface area contributed by atoms with Crippen LogP contribution in [-0.4, -0.2) is 37.9 Å². The Morgan fingerprint density at radius 3 is 2.31 bits per heavy atom. The average molecular weight is 396 g/mol. The number of carbonyl (C=O) groups is 2. The van der Waals surface area contributed by atoms with E-state index in [0.29, 0.717) is 18.0 Å². The predicted molar refractivity (Wildman–Crippen MR) is 116 cm³/mol. The largest absolute Gasteiger partial charge is 0.450 e. The van der Waals surface area contributed by atoms with Gasteiger partial charge in [0.15, 0.2) is 0 Å². The second kappa shape index (κ2) is 9.82. The molecule has 7 nitrogen and oxygen atoms in total. The van der Waals surface area contributed by atoms with E-state index in [1.165, 1.54) is 5.69 Å². The fourth-order valence-corrected chi connectivity index (χ4v) is 3.45. The van der Waals surface area contributed by atoms with Crippen LogP contribution in [0, 0.1) is 6.92 Å². The number of piperidine rings is 1. The molecule has 0 unspecified atom stereocenters. The molecule has 0 bridgehead atoms. The van der Waals surface area contributed by atoms with Gasteiger partial charge in [-0.15, -0.1) is 0 Å². The quantitative estimate of drug-likeness (QED) is 0.701. The maximum atomic E-state index is 12.5. The highest BCUT2D eigenvalue weighted by Gasteiger charge is 2.21. The van der Waals surface area contributed by atoms with Gasteiger partial charge in [-0.3, -0.25) is 5.32 Å². The molecule has 154 valence electrons. The number of ether oxygens (including phenoxy) is 1. The molecule has 0 aliphatic carbocycles. The van der Waals surface area contributed by atoms with Crippen LogP contribution >= 0.6 is 0 Å². The van der Waals surface area contributed by atoms with E-state index in [1.807, 2.05) is 31.2 Å². The van der Waals surface area contributed by atoms with E-state index in [9.17, 15) is 9.59 Å². The summed E-state index contributed by atoms with van der Waals surface area (Å²) in [7, 11) is 0. The molecule has 0 atom stereocenters. The Balaban J connectivity index is 1.52. The van der Waals surface area contributed by atoms with Gasteiger partial charge in [-0.05, 0) is 56.5 Å². The lowest BCUT2D eigenvalue weighted by atomic mass is 10.0. The van der Waals surface area contributed by atoms with Crippen LogP contribution in [0.4, 0.5) is 26.7 Å². The third-order valence-electron chi connectivity index (χ3n) is 5.05. The lowest BCUT2D eigenvalue weighted by molar-refractivity contribution is 0.168. The zero-order valence-electron chi connectivity index (χ0n) is 16.9. The number of anilines is 3. The molecule has 2 aromatic carbocycles. The Morgan fingerprint density at radius 1 is 1.00 bits per heavy atom. The van der Waals surface area contributed by atoms with Gasteiger partial charge in [-0.2, -0.15) is 0 Å². The molecule has 2 aromatic rings. The van der Waals surface area contributed by atoms with Crippen molar-refractivity contribution in [1.29, 1.82) is 0 Å². The Labute approximate surface area is 171 Å². The second-order valence-electron chi connectivity index (χ2n) is 7.02. The van der Waals surface area contributed by atoms with Gasteiger partial charge in [0, 0.05) is 36.2 Å². The normalized spacial score (nSPS) is 14.2. The highest BCUT2D eigenvalue weighted by atomic mass is 16.5. The minimum atomic E-state index is -0.512. The molecular weight excluding hydrogens is 368 g/mol. The van der Waals surface area contributed by atoms with Crippen molar-refractivity contribution < 1.29 is 14.3 Å². The number of amides is 3. The zero-order chi connectivity index (χ0) is 20.6. The summed E-state index contributed by atoms with van der Waals surface area (Å²) in [5, 5.41) is 8.64. The number of rotatable bonds is 5. The number of nitrogens with zero attached hydrogens (tertiary/aromatic N) is 1. The summed E-state index contributed by atoms with van der Waals surface area (Å²) >= 11 is 0. The van der Waals surface area contributed by atoms with Crippen molar-refractivity contribution in [2.45, 2.75) is 32.7 Å². The minimum Gasteiger partial charge on any atom is -0.450 e. The first-order chi connectivity index (χ1) is 14.1. The minimum absolute atomic E-state index is 0.135. The number of para-hydroxylation sites is 1. The number of carbonyl (C=O) groups excluding carboxylic acids is 2. The van der Waals surface area contributed by atoms with Crippen LogP contribution in [-0.2, 0) is 4.74 Å². The van der Waals surface area contributed by atoms with Gasteiger partial charge in [-0.1, -0.05) is 24.3 Å². The van der Waals surface area contributed by atoms with E-state index in [-0.39, 0.29) is 12.1 Å². The molecular formula is C22H28N4O3. The number of hydrogen-bond donors (Lipinski definition) is 3. The molecule has 0 aromatic heterocycles. The first-order valence-electron chi connectivity index (χ1n) is 9.97. The topological polar surface area (TPSA) is 82.7 Å². The van der Waals surface area contributed by atoms with E-state index in [1.54, 1.807) is 19.1 Å². The van der Waals surface area contributed by atoms with Crippen LogP contribution in [0.5, 0.6) is 0 Å². The molecule has 1 aliphatic heterocycles. The number of urea groups is 1. The van der Waals surface area contributed by atoms with Crippen LogP contribution < -0.4 is 20.9 Å². The monoisotopic (exact) mass is 396 g/mol. The first kappa shape index (κ1) is 20.5.